The molecule has 0 unspecified atom stereocenters. The summed E-state index contributed by atoms with van der Waals surface area (Å²) in [6.45, 7) is 4.20. The number of benzene rings is 2. The van der Waals surface area contributed by atoms with Crippen LogP contribution >= 0.6 is 0 Å². The van der Waals surface area contributed by atoms with Gasteiger partial charge in [0.25, 0.3) is 0 Å². The molecule has 0 bridgehead atoms. The highest BCUT2D eigenvalue weighted by molar-refractivity contribution is 5.77. The van der Waals surface area contributed by atoms with Gasteiger partial charge >= 0.3 is 0 Å². The van der Waals surface area contributed by atoms with Crippen molar-refractivity contribution in [3.05, 3.63) is 53.1 Å². The van der Waals surface area contributed by atoms with Crippen LogP contribution in [0, 0.1) is 11.3 Å². The van der Waals surface area contributed by atoms with Crippen molar-refractivity contribution >= 4 is 17.1 Å². The zero-order valence-electron chi connectivity index (χ0n) is 14.8. The number of nitrogens with one attached hydrogen (secondary N) is 2. The van der Waals surface area contributed by atoms with Gasteiger partial charge in [-0.1, -0.05) is 25.1 Å². The normalized spacial score (nSPS) is 21.4. The Morgan fingerprint density at radius 3 is 2.96 bits per heavy atom. The summed E-state index contributed by atoms with van der Waals surface area (Å²) in [5.74, 6) is 0.462. The maximum atomic E-state index is 9.72. The van der Waals surface area contributed by atoms with Gasteiger partial charge in [0.1, 0.15) is 6.07 Å². The molecule has 2 heterocycles. The molecule has 2 aliphatic heterocycles. The smallest absolute Gasteiger partial charge is 0.101 e. The number of hydrogen-bond acceptors (Lipinski definition) is 4. The number of piperidine rings is 1. The van der Waals surface area contributed by atoms with Crippen molar-refractivity contribution < 1.29 is 0 Å². The summed E-state index contributed by atoms with van der Waals surface area (Å²) in [5, 5.41) is 16.8. The molecule has 0 spiro atoms. The van der Waals surface area contributed by atoms with Gasteiger partial charge in [-0.2, -0.15) is 5.26 Å². The van der Waals surface area contributed by atoms with E-state index in [2.05, 4.69) is 65.9 Å². The average molecular weight is 332 g/mol. The molecule has 0 aliphatic carbocycles. The molecule has 4 nitrogen and oxygen atoms in total. The Bertz CT molecular complexity index is 836. The molecule has 2 aromatic carbocycles. The summed E-state index contributed by atoms with van der Waals surface area (Å²) in [5.41, 5.74) is 6.61. The fourth-order valence-corrected chi connectivity index (χ4v) is 4.39. The van der Waals surface area contributed by atoms with E-state index in [1.54, 1.807) is 0 Å². The van der Waals surface area contributed by atoms with Gasteiger partial charge in [-0.15, -0.1) is 0 Å². The summed E-state index contributed by atoms with van der Waals surface area (Å²) in [6, 6.07) is 15.5. The average Bonchev–Trinajstić information content (AvgIpc) is 2.94. The largest absolute Gasteiger partial charge is 0.370 e. The molecular formula is C21H24N4. The quantitative estimate of drug-likeness (QED) is 0.898. The predicted octanol–water partition coefficient (Wildman–Crippen LogP) is 3.76. The Labute approximate surface area is 149 Å². The van der Waals surface area contributed by atoms with E-state index < -0.39 is 0 Å². The minimum atomic E-state index is 0.462. The summed E-state index contributed by atoms with van der Waals surface area (Å²) >= 11 is 0. The van der Waals surface area contributed by atoms with Crippen LogP contribution in [0.2, 0.25) is 0 Å². The number of para-hydroxylation sites is 1. The van der Waals surface area contributed by atoms with Crippen molar-refractivity contribution in [2.75, 3.05) is 30.4 Å². The maximum absolute atomic E-state index is 9.72. The molecule has 0 amide bonds. The van der Waals surface area contributed by atoms with E-state index in [1.165, 1.54) is 11.1 Å². The highest BCUT2D eigenvalue weighted by atomic mass is 15.2. The Hall–Kier alpha value is -2.51. The first-order valence-electron chi connectivity index (χ1n) is 9.09. The Morgan fingerprint density at radius 1 is 1.32 bits per heavy atom. The predicted molar refractivity (Wildman–Crippen MR) is 103 cm³/mol. The molecule has 0 saturated carbocycles. The molecule has 0 aromatic heterocycles. The zero-order chi connectivity index (χ0) is 17.4. The van der Waals surface area contributed by atoms with Crippen LogP contribution in [-0.4, -0.2) is 26.2 Å². The first kappa shape index (κ1) is 16.0. The highest BCUT2D eigenvalue weighted by Gasteiger charge is 2.39. The van der Waals surface area contributed by atoms with Crippen molar-refractivity contribution in [2.45, 2.75) is 31.7 Å². The first-order valence-corrected chi connectivity index (χ1v) is 9.09. The van der Waals surface area contributed by atoms with Crippen LogP contribution in [0.5, 0.6) is 0 Å². The summed E-state index contributed by atoms with van der Waals surface area (Å²) in [4.78, 5) is 2.32. The molecule has 25 heavy (non-hydrogen) atoms. The molecule has 4 rings (SSSR count). The van der Waals surface area contributed by atoms with Crippen molar-refractivity contribution in [2.24, 2.45) is 0 Å². The zero-order valence-corrected chi connectivity index (χ0v) is 14.8. The molecule has 128 valence electrons. The molecule has 1 fully saturated rings. The van der Waals surface area contributed by atoms with Gasteiger partial charge in [0.05, 0.1) is 11.3 Å². The van der Waals surface area contributed by atoms with Crippen molar-refractivity contribution in [1.82, 2.24) is 5.32 Å². The van der Waals surface area contributed by atoms with E-state index in [-0.39, 0.29) is 0 Å². The third-order valence-corrected chi connectivity index (χ3v) is 5.63. The monoisotopic (exact) mass is 332 g/mol. The Morgan fingerprint density at radius 2 is 2.16 bits per heavy atom. The lowest BCUT2D eigenvalue weighted by Crippen LogP contribution is -2.42. The van der Waals surface area contributed by atoms with Crippen LogP contribution in [0.25, 0.3) is 0 Å². The van der Waals surface area contributed by atoms with Crippen molar-refractivity contribution in [1.29, 1.82) is 5.26 Å². The number of hydrogen-bond donors (Lipinski definition) is 2. The van der Waals surface area contributed by atoms with E-state index in [4.69, 9.17) is 0 Å². The molecule has 1 saturated heterocycles. The first-order chi connectivity index (χ1) is 12.2. The minimum Gasteiger partial charge on any atom is -0.370 e. The Kier molecular flexibility index (Phi) is 4.10. The minimum absolute atomic E-state index is 0.462. The van der Waals surface area contributed by atoms with Crippen molar-refractivity contribution in [3.8, 4) is 6.07 Å². The fourth-order valence-electron chi connectivity index (χ4n) is 4.39. The van der Waals surface area contributed by atoms with Crippen LogP contribution in [0.4, 0.5) is 17.1 Å². The number of fused-ring (bicyclic) bond motifs is 3. The standard InChI is InChI=1S/C21H24N4/c1-3-14-6-4-5-7-19(14)24-16-10-15(12-22)21-17(11-16)18-13-23-9-8-20(18)25(21)2/h4-7,10-11,18,20,23-24H,3,8-9,13H2,1-2H3/t18-,20-/m0/s1. The molecule has 4 heteroatoms. The Balaban J connectivity index is 1.76. The molecule has 0 radical (unpaired) electrons. The highest BCUT2D eigenvalue weighted by Crippen LogP contribution is 2.45. The molecule has 2 atom stereocenters. The molecule has 2 N–H and O–H groups in total. The van der Waals surface area contributed by atoms with E-state index >= 15 is 0 Å². The number of anilines is 3. The molecule has 2 aliphatic rings. The van der Waals surface area contributed by atoms with Crippen LogP contribution in [0.3, 0.4) is 0 Å². The van der Waals surface area contributed by atoms with Gasteiger partial charge in [0, 0.05) is 36.9 Å². The van der Waals surface area contributed by atoms with Gasteiger partial charge in [-0.3, -0.25) is 0 Å². The number of nitrogens with zero attached hydrogens (tertiary/aromatic N) is 2. The van der Waals surface area contributed by atoms with Crippen molar-refractivity contribution in [3.63, 3.8) is 0 Å². The number of nitriles is 1. The summed E-state index contributed by atoms with van der Waals surface area (Å²) < 4.78 is 0. The van der Waals surface area contributed by atoms with Crippen LogP contribution in [-0.2, 0) is 6.42 Å². The van der Waals surface area contributed by atoms with Gasteiger partial charge in [0.2, 0.25) is 0 Å². The van der Waals surface area contributed by atoms with Crippen LogP contribution in [0.1, 0.15) is 36.0 Å². The second-order valence-electron chi connectivity index (χ2n) is 6.99. The topological polar surface area (TPSA) is 51.1 Å². The summed E-state index contributed by atoms with van der Waals surface area (Å²) in [6.07, 6.45) is 2.11. The lowest BCUT2D eigenvalue weighted by Gasteiger charge is -2.31. The van der Waals surface area contributed by atoms with Gasteiger partial charge in [-0.25, -0.2) is 0 Å². The van der Waals surface area contributed by atoms with Crippen LogP contribution in [0.15, 0.2) is 36.4 Å². The maximum Gasteiger partial charge on any atom is 0.101 e. The number of rotatable bonds is 3. The van der Waals surface area contributed by atoms with E-state index in [1.807, 2.05) is 6.07 Å². The van der Waals surface area contributed by atoms with E-state index in [9.17, 15) is 5.26 Å². The van der Waals surface area contributed by atoms with Gasteiger partial charge < -0.3 is 15.5 Å². The number of likely N-dealkylation sites (N-methyl/N-ethyl adjacent to an activating group) is 1. The second kappa shape index (κ2) is 6.42. The lowest BCUT2D eigenvalue weighted by atomic mass is 9.89. The molecule has 2 aromatic rings. The lowest BCUT2D eigenvalue weighted by molar-refractivity contribution is 0.413. The van der Waals surface area contributed by atoms with Crippen LogP contribution < -0.4 is 15.5 Å². The number of aryl methyl sites for hydroxylation is 1. The fraction of sp³-hybridized carbons (Fsp3) is 0.381. The third-order valence-electron chi connectivity index (χ3n) is 5.63. The third kappa shape index (κ3) is 2.65. The van der Waals surface area contributed by atoms with Gasteiger partial charge in [0.15, 0.2) is 0 Å². The molecular weight excluding hydrogens is 308 g/mol. The van der Waals surface area contributed by atoms with E-state index in [0.717, 1.165) is 48.6 Å². The van der Waals surface area contributed by atoms with Gasteiger partial charge in [-0.05, 0) is 48.7 Å². The van der Waals surface area contributed by atoms with E-state index in [0.29, 0.717) is 12.0 Å². The summed E-state index contributed by atoms with van der Waals surface area (Å²) in [7, 11) is 2.13. The second-order valence-corrected chi connectivity index (χ2v) is 6.99. The SMILES string of the molecule is CCc1ccccc1Nc1cc(C#N)c2c(c1)[C@@H]1CNCC[C@@H]1N2C.